The minimum atomic E-state index is -0.564. The average Bonchev–Trinajstić information content (AvgIpc) is 3.13. The highest BCUT2D eigenvalue weighted by molar-refractivity contribution is 6.00. The van der Waals surface area contributed by atoms with Crippen LogP contribution in [0.1, 0.15) is 21.6 Å². The van der Waals surface area contributed by atoms with Crippen molar-refractivity contribution in [3.63, 3.8) is 0 Å². The molecule has 0 bridgehead atoms. The molecule has 1 amide bonds. The van der Waals surface area contributed by atoms with Crippen molar-refractivity contribution in [1.82, 2.24) is 14.7 Å². The van der Waals surface area contributed by atoms with Crippen molar-refractivity contribution in [1.29, 1.82) is 5.26 Å². The van der Waals surface area contributed by atoms with Crippen molar-refractivity contribution in [2.75, 3.05) is 0 Å². The van der Waals surface area contributed by atoms with Crippen LogP contribution in [0.4, 0.5) is 8.78 Å². The van der Waals surface area contributed by atoms with Crippen LogP contribution >= 0.6 is 0 Å². The maximum Gasteiger partial charge on any atom is 0.272 e. The van der Waals surface area contributed by atoms with Gasteiger partial charge in [-0.05, 0) is 48.5 Å². The highest BCUT2D eigenvalue weighted by Gasteiger charge is 2.18. The molecule has 0 radical (unpaired) electrons. The summed E-state index contributed by atoms with van der Waals surface area (Å²) in [6.07, 6.45) is 1.76. The number of hydrogen-bond donors (Lipinski definition) is 1. The van der Waals surface area contributed by atoms with Gasteiger partial charge in [-0.2, -0.15) is 5.26 Å². The van der Waals surface area contributed by atoms with Gasteiger partial charge in [0, 0.05) is 23.9 Å². The van der Waals surface area contributed by atoms with Gasteiger partial charge in [0.15, 0.2) is 5.69 Å². The quantitative estimate of drug-likeness (QED) is 0.573. The Morgan fingerprint density at radius 2 is 1.90 bits per heavy atom. The lowest BCUT2D eigenvalue weighted by atomic mass is 10.1. The van der Waals surface area contributed by atoms with Crippen LogP contribution < -0.4 is 5.32 Å². The molecule has 0 saturated carbocycles. The van der Waals surface area contributed by atoms with Gasteiger partial charge in [0.2, 0.25) is 0 Å². The van der Waals surface area contributed by atoms with Crippen molar-refractivity contribution >= 4 is 11.4 Å². The fourth-order valence-corrected chi connectivity index (χ4v) is 3.03. The summed E-state index contributed by atoms with van der Waals surface area (Å²) in [5, 5.41) is 11.5. The number of nitrogens with one attached hydrogen (secondary N) is 1. The summed E-state index contributed by atoms with van der Waals surface area (Å²) >= 11 is 0. The highest BCUT2D eigenvalue weighted by atomic mass is 19.1. The Balaban J connectivity index is 1.64. The molecule has 0 unspecified atom stereocenters. The van der Waals surface area contributed by atoms with E-state index in [-0.39, 0.29) is 29.2 Å². The molecule has 4 rings (SSSR count). The van der Waals surface area contributed by atoms with Crippen LogP contribution in [0.2, 0.25) is 0 Å². The number of hydrogen-bond acceptors (Lipinski definition) is 3. The monoisotopic (exact) mass is 388 g/mol. The number of fused-ring (bicyclic) bond motifs is 1. The Hall–Kier alpha value is -4.05. The van der Waals surface area contributed by atoms with Crippen molar-refractivity contribution in [2.45, 2.75) is 6.54 Å². The van der Waals surface area contributed by atoms with Gasteiger partial charge in [-0.25, -0.2) is 13.8 Å². The van der Waals surface area contributed by atoms with Gasteiger partial charge in [0.1, 0.15) is 17.5 Å². The molecule has 29 heavy (non-hydrogen) atoms. The predicted molar refractivity (Wildman–Crippen MR) is 103 cm³/mol. The van der Waals surface area contributed by atoms with E-state index in [1.54, 1.807) is 40.9 Å². The summed E-state index contributed by atoms with van der Waals surface area (Å²) in [4.78, 5) is 17.2. The van der Waals surface area contributed by atoms with E-state index in [4.69, 9.17) is 5.26 Å². The molecular formula is C22H14F2N4O. The molecule has 0 fully saturated rings. The number of aromatic nitrogens is 2. The van der Waals surface area contributed by atoms with E-state index in [2.05, 4.69) is 10.3 Å². The second-order valence-electron chi connectivity index (χ2n) is 6.35. The van der Waals surface area contributed by atoms with Gasteiger partial charge in [-0.1, -0.05) is 12.1 Å². The first-order valence-corrected chi connectivity index (χ1v) is 8.76. The Bertz CT molecular complexity index is 1260. The van der Waals surface area contributed by atoms with Crippen LogP contribution in [-0.2, 0) is 6.54 Å². The minimum Gasteiger partial charge on any atom is -0.346 e. The van der Waals surface area contributed by atoms with Crippen molar-refractivity contribution < 1.29 is 13.6 Å². The summed E-state index contributed by atoms with van der Waals surface area (Å²) in [6, 6.07) is 17.1. The van der Waals surface area contributed by atoms with Crippen molar-refractivity contribution in [2.24, 2.45) is 0 Å². The lowest BCUT2D eigenvalue weighted by Gasteiger charge is -2.05. The first-order chi connectivity index (χ1) is 14.1. The fraction of sp³-hybridized carbons (Fsp3) is 0.0455. The van der Waals surface area contributed by atoms with Crippen LogP contribution in [-0.4, -0.2) is 15.3 Å². The Morgan fingerprint density at radius 3 is 2.62 bits per heavy atom. The van der Waals surface area contributed by atoms with Gasteiger partial charge in [-0.15, -0.1) is 0 Å². The molecule has 0 spiro atoms. The molecule has 7 heteroatoms. The smallest absolute Gasteiger partial charge is 0.272 e. The molecule has 2 aromatic heterocycles. The number of nitrogens with zero attached hydrogens (tertiary/aromatic N) is 3. The first kappa shape index (κ1) is 18.3. The number of carbonyl (C=O) groups is 1. The maximum atomic E-state index is 14.0. The number of halogens is 2. The third-order valence-corrected chi connectivity index (χ3v) is 4.49. The maximum absolute atomic E-state index is 14.0. The third-order valence-electron chi connectivity index (χ3n) is 4.49. The topological polar surface area (TPSA) is 70.2 Å². The molecule has 0 atom stereocenters. The van der Waals surface area contributed by atoms with E-state index < -0.39 is 11.7 Å². The molecule has 5 nitrogen and oxygen atoms in total. The van der Waals surface area contributed by atoms with Crippen LogP contribution in [0, 0.1) is 23.0 Å². The number of imidazole rings is 1. The average molecular weight is 388 g/mol. The Morgan fingerprint density at radius 1 is 1.10 bits per heavy atom. The van der Waals surface area contributed by atoms with E-state index >= 15 is 0 Å². The van der Waals surface area contributed by atoms with E-state index in [1.165, 1.54) is 24.3 Å². The van der Waals surface area contributed by atoms with Crippen LogP contribution in [0.3, 0.4) is 0 Å². The molecule has 4 aromatic rings. The summed E-state index contributed by atoms with van der Waals surface area (Å²) in [7, 11) is 0. The standard InChI is InChI=1S/C22H14F2N4O/c23-17-8-6-15(7-9-17)21-27-20(19-3-1-2-10-28(19)21)22(29)26-13-16-5-4-14(12-25)11-18(16)24/h1-11H,13H2,(H,26,29). The van der Waals surface area contributed by atoms with Crippen LogP contribution in [0.15, 0.2) is 66.9 Å². The molecule has 1 N–H and O–H groups in total. The molecule has 0 aliphatic rings. The summed E-state index contributed by atoms with van der Waals surface area (Å²) in [6.45, 7) is -0.0475. The van der Waals surface area contributed by atoms with Gasteiger partial charge in [-0.3, -0.25) is 9.20 Å². The number of amides is 1. The second-order valence-corrected chi connectivity index (χ2v) is 6.35. The SMILES string of the molecule is N#Cc1ccc(CNC(=O)c2nc(-c3ccc(F)cc3)n3ccccc23)c(F)c1. The number of nitriles is 1. The first-order valence-electron chi connectivity index (χ1n) is 8.76. The molecule has 0 aliphatic heterocycles. The normalized spacial score (nSPS) is 10.7. The zero-order chi connectivity index (χ0) is 20.4. The van der Waals surface area contributed by atoms with E-state index in [1.807, 2.05) is 6.07 Å². The molecule has 0 aliphatic carbocycles. The molecule has 0 saturated heterocycles. The minimum absolute atomic E-state index is 0.0475. The molecule has 2 aromatic carbocycles. The fourth-order valence-electron chi connectivity index (χ4n) is 3.03. The van der Waals surface area contributed by atoms with Crippen molar-refractivity contribution in [3.05, 3.63) is 95.3 Å². The Kier molecular flexibility index (Phi) is 4.75. The molecule has 142 valence electrons. The van der Waals surface area contributed by atoms with Gasteiger partial charge in [0.25, 0.3) is 5.91 Å². The number of pyridine rings is 1. The van der Waals surface area contributed by atoms with E-state index in [0.717, 1.165) is 6.07 Å². The number of carbonyl (C=O) groups excluding carboxylic acids is 1. The van der Waals surface area contributed by atoms with Crippen LogP contribution in [0.25, 0.3) is 16.9 Å². The largest absolute Gasteiger partial charge is 0.346 e. The van der Waals surface area contributed by atoms with E-state index in [9.17, 15) is 13.6 Å². The lowest BCUT2D eigenvalue weighted by molar-refractivity contribution is 0.0948. The predicted octanol–water partition coefficient (Wildman–Crippen LogP) is 4.08. The molecule has 2 heterocycles. The zero-order valence-corrected chi connectivity index (χ0v) is 15.1. The number of benzene rings is 2. The van der Waals surface area contributed by atoms with E-state index in [0.29, 0.717) is 16.9 Å². The Labute approximate surface area is 164 Å². The van der Waals surface area contributed by atoms with Crippen LogP contribution in [0.5, 0.6) is 0 Å². The molecular weight excluding hydrogens is 374 g/mol. The van der Waals surface area contributed by atoms with Crippen molar-refractivity contribution in [3.8, 4) is 17.5 Å². The lowest BCUT2D eigenvalue weighted by Crippen LogP contribution is -2.24. The summed E-state index contributed by atoms with van der Waals surface area (Å²) in [5.74, 6) is -0.899. The van der Waals surface area contributed by atoms with Gasteiger partial charge < -0.3 is 5.32 Å². The van der Waals surface area contributed by atoms with Gasteiger partial charge >= 0.3 is 0 Å². The summed E-state index contributed by atoms with van der Waals surface area (Å²) in [5.41, 5.74) is 1.88. The summed E-state index contributed by atoms with van der Waals surface area (Å²) < 4.78 is 29.0. The number of rotatable bonds is 4. The van der Waals surface area contributed by atoms with Gasteiger partial charge in [0.05, 0.1) is 17.1 Å². The highest BCUT2D eigenvalue weighted by Crippen LogP contribution is 2.23. The zero-order valence-electron chi connectivity index (χ0n) is 15.1. The second kappa shape index (κ2) is 7.52. The third kappa shape index (κ3) is 3.56.